The molecule has 7 radical (unpaired) electrons. The van der Waals surface area contributed by atoms with Gasteiger partial charge in [0.1, 0.15) is 0 Å². The summed E-state index contributed by atoms with van der Waals surface area (Å²) < 4.78 is 22.5. The molecule has 0 aliphatic heterocycles. The van der Waals surface area contributed by atoms with Gasteiger partial charge in [-0.15, -0.1) is 0 Å². The van der Waals surface area contributed by atoms with Gasteiger partial charge in [0.15, 0.2) is 0 Å². The van der Waals surface area contributed by atoms with Crippen LogP contribution in [-0.2, 0) is 31.0 Å². The maximum absolute atomic E-state index is 10.7. The molecule has 2 aromatic rings. The van der Waals surface area contributed by atoms with Crippen molar-refractivity contribution in [3.05, 3.63) is 124 Å². The van der Waals surface area contributed by atoms with Gasteiger partial charge in [-0.25, -0.2) is 5.06 Å². The van der Waals surface area contributed by atoms with Crippen molar-refractivity contribution in [3.63, 3.8) is 0 Å². The van der Waals surface area contributed by atoms with Crippen LogP contribution in [0, 0.1) is 58.0 Å². The summed E-state index contributed by atoms with van der Waals surface area (Å²) in [5.74, 6) is 1.05. The van der Waals surface area contributed by atoms with Crippen molar-refractivity contribution in [2.24, 2.45) is 0 Å². The molecule has 0 aromatic heterocycles. The molecule has 28 heavy (non-hydrogen) atoms. The maximum atomic E-state index is 10.7. The Kier molecular flexibility index (Phi) is 18.4. The van der Waals surface area contributed by atoms with Gasteiger partial charge < -0.3 is 0 Å². The second-order valence-corrected chi connectivity index (χ2v) is 4.90. The van der Waals surface area contributed by atoms with Crippen LogP contribution in [0.1, 0.15) is 11.6 Å². The largest absolute Gasteiger partial charge is 0 e. The Labute approximate surface area is 177 Å². The van der Waals surface area contributed by atoms with Gasteiger partial charge in [0.05, 0.1) is 11.7 Å². The molecule has 0 amide bonds. The number of rotatable bonds is 4. The van der Waals surface area contributed by atoms with E-state index < -0.39 is 0 Å². The molecule has 1 aliphatic rings. The second-order valence-electron chi connectivity index (χ2n) is 4.90. The van der Waals surface area contributed by atoms with Crippen LogP contribution in [0.25, 0.3) is 0 Å². The quantitative estimate of drug-likeness (QED) is 0.353. The van der Waals surface area contributed by atoms with Crippen LogP contribution >= 0.6 is 0 Å². The molecule has 1 saturated carbocycles. The first-order valence-corrected chi connectivity index (χ1v) is 7.60. The summed E-state index contributed by atoms with van der Waals surface area (Å²) in [6, 6.07) is 19.4. The molecule has 0 spiro atoms. The number of hydroxylamine groups is 1. The van der Waals surface area contributed by atoms with Gasteiger partial charge >= 0.3 is 33.9 Å². The average molecular weight is 414 g/mol. The van der Waals surface area contributed by atoms with Crippen molar-refractivity contribution in [1.29, 1.82) is 0 Å². The monoisotopic (exact) mass is 414 g/mol. The molecule has 5 nitrogen and oxygen atoms in total. The van der Waals surface area contributed by atoms with Crippen LogP contribution in [0.2, 0.25) is 0 Å². The molecule has 0 heterocycles. The van der Waals surface area contributed by atoms with Gasteiger partial charge in [-0.1, -0.05) is 48.5 Å². The number of para-hydroxylation sites is 1. The minimum absolute atomic E-state index is 0. The zero-order valence-corrected chi connectivity index (χ0v) is 15.9. The molecule has 1 N–H and O–H groups in total. The van der Waals surface area contributed by atoms with Gasteiger partial charge in [0.25, 0.3) is 0 Å². The Balaban J connectivity index is 0. The van der Waals surface area contributed by atoms with Crippen LogP contribution in [0.5, 0.6) is 0 Å². The van der Waals surface area contributed by atoms with E-state index in [9.17, 15) is 5.21 Å². The SMILES string of the molecule is ON(c1ccccc1)C([C]1[CH][CH][CH][CH][CH]1)c1ccccc1.[C-]#[O+].[C-]#[O+].[C-]#[O+].[Mn]. The summed E-state index contributed by atoms with van der Waals surface area (Å²) in [6.07, 6.45) is 10.0. The third-order valence-electron chi connectivity index (χ3n) is 3.50. The third kappa shape index (κ3) is 8.75. The van der Waals surface area contributed by atoms with E-state index >= 15 is 0 Å². The van der Waals surface area contributed by atoms with Gasteiger partial charge in [-0.2, -0.15) is 0 Å². The molecule has 1 atom stereocenters. The number of benzene rings is 2. The first-order valence-electron chi connectivity index (χ1n) is 7.60. The van der Waals surface area contributed by atoms with E-state index in [4.69, 9.17) is 14.0 Å². The molecule has 1 unspecified atom stereocenters. The Morgan fingerprint density at radius 2 is 1.11 bits per heavy atom. The summed E-state index contributed by atoms with van der Waals surface area (Å²) in [5.41, 5.74) is 1.82. The van der Waals surface area contributed by atoms with Crippen molar-refractivity contribution in [2.75, 3.05) is 5.06 Å². The number of hydrogen-bond acceptors (Lipinski definition) is 2. The molecule has 1 fully saturated rings. The minimum Gasteiger partial charge on any atom is 0 e. The van der Waals surface area contributed by atoms with Crippen LogP contribution in [0.3, 0.4) is 0 Å². The number of nitrogens with zero attached hydrogens (tertiary/aromatic N) is 1. The maximum Gasteiger partial charge on any atom is 0 e. The molecule has 0 bridgehead atoms. The summed E-state index contributed by atoms with van der Waals surface area (Å²) >= 11 is 0. The van der Waals surface area contributed by atoms with Crippen LogP contribution in [0.15, 0.2) is 60.7 Å². The normalized spacial score (nSPS) is 13.2. The van der Waals surface area contributed by atoms with Crippen molar-refractivity contribution < 1.29 is 36.2 Å². The predicted octanol–water partition coefficient (Wildman–Crippen LogP) is 4.12. The van der Waals surface area contributed by atoms with E-state index in [-0.39, 0.29) is 23.1 Å². The van der Waals surface area contributed by atoms with E-state index in [1.54, 1.807) is 0 Å². The first-order chi connectivity index (χ1) is 13.4. The molecule has 3 rings (SSSR count). The Bertz CT molecular complexity index is 653. The van der Waals surface area contributed by atoms with E-state index in [0.29, 0.717) is 0 Å². The molecule has 2 aromatic carbocycles. The molecular weight excluding hydrogens is 397 g/mol. The average Bonchev–Trinajstić information content (AvgIpc) is 2.80. The summed E-state index contributed by atoms with van der Waals surface area (Å²) in [4.78, 5) is 0. The van der Waals surface area contributed by atoms with Gasteiger partial charge in [0.2, 0.25) is 0 Å². The fraction of sp³-hybridized carbons (Fsp3) is 0.0455. The Hall–Kier alpha value is -2.06. The summed E-state index contributed by atoms with van der Waals surface area (Å²) in [6.45, 7) is 13.5. The van der Waals surface area contributed by atoms with Crippen LogP contribution < -0.4 is 5.06 Å². The summed E-state index contributed by atoms with van der Waals surface area (Å²) in [7, 11) is 0. The molecule has 141 valence electrons. The van der Waals surface area contributed by atoms with Gasteiger partial charge in [-0.05, 0) is 49.8 Å². The zero-order valence-electron chi connectivity index (χ0n) is 14.7. The third-order valence-corrected chi connectivity index (χ3v) is 3.50. The topological polar surface area (TPSA) is 83.2 Å². The van der Waals surface area contributed by atoms with E-state index in [1.165, 1.54) is 5.06 Å². The van der Waals surface area contributed by atoms with E-state index in [1.807, 2.05) is 92.8 Å². The molecule has 6 heteroatoms. The number of anilines is 1. The smallest absolute Gasteiger partial charge is 0 e. The second kappa shape index (κ2) is 18.3. The Morgan fingerprint density at radius 1 is 0.679 bits per heavy atom. The minimum atomic E-state index is -0.227. The standard InChI is InChI=1S/C19H17NO.3CO.Mn/c21-20(18-14-8-3-9-15-18)19(16-10-4-1-5-11-16)17-12-6-2-7-13-17;3*1-2;/h1-15,19,21H;;;;. The van der Waals surface area contributed by atoms with E-state index in [2.05, 4.69) is 20.0 Å². The van der Waals surface area contributed by atoms with Crippen LogP contribution in [0.4, 0.5) is 5.69 Å². The fourth-order valence-electron chi connectivity index (χ4n) is 2.48. The van der Waals surface area contributed by atoms with Crippen molar-refractivity contribution in [2.45, 2.75) is 6.04 Å². The van der Waals surface area contributed by atoms with Crippen molar-refractivity contribution in [1.82, 2.24) is 0 Å². The molecule has 1 aliphatic carbocycles. The molecule has 0 saturated heterocycles. The van der Waals surface area contributed by atoms with Crippen molar-refractivity contribution in [3.8, 4) is 0 Å². The predicted molar refractivity (Wildman–Crippen MR) is 96.4 cm³/mol. The number of hydrogen-bond donors (Lipinski definition) is 1. The zero-order chi connectivity index (χ0) is 20.5. The van der Waals surface area contributed by atoms with Gasteiger partial charge in [-0.3, -0.25) is 5.21 Å². The molecular formula is C22H17MnNO4. The van der Waals surface area contributed by atoms with Gasteiger partial charge in [0, 0.05) is 23.0 Å². The van der Waals surface area contributed by atoms with Crippen LogP contribution in [-0.4, -0.2) is 5.21 Å². The first kappa shape index (κ1) is 28.2. The Morgan fingerprint density at radius 3 is 1.57 bits per heavy atom. The fourth-order valence-corrected chi connectivity index (χ4v) is 2.48. The van der Waals surface area contributed by atoms with Crippen molar-refractivity contribution >= 4 is 5.69 Å². The summed E-state index contributed by atoms with van der Waals surface area (Å²) in [5, 5.41) is 12.0. The van der Waals surface area contributed by atoms with E-state index in [0.717, 1.165) is 17.2 Å².